The summed E-state index contributed by atoms with van der Waals surface area (Å²) in [6.07, 6.45) is 12.5. The van der Waals surface area contributed by atoms with Crippen LogP contribution in [0.4, 0.5) is 0 Å². The fourth-order valence-electron chi connectivity index (χ4n) is 11.6. The normalized spacial score (nSPS) is 37.2. The second-order valence-electron chi connectivity index (χ2n) is 22.2. The van der Waals surface area contributed by atoms with E-state index in [0.717, 1.165) is 6.42 Å². The lowest BCUT2D eigenvalue weighted by molar-refractivity contribution is -0.264. The zero-order valence-electron chi connectivity index (χ0n) is 46.0. The molecule has 416 valence electrons. The number of methoxy groups -OCH3 is 2. The third-order valence-electron chi connectivity index (χ3n) is 16.3. The molecule has 0 spiro atoms. The molecule has 0 aromatic carbocycles. The molecule has 74 heavy (non-hydrogen) atoms. The molecule has 3 aliphatic heterocycles. The Morgan fingerprint density at radius 3 is 2.24 bits per heavy atom. The van der Waals surface area contributed by atoms with Crippen LogP contribution < -0.4 is 0 Å². The zero-order valence-corrected chi connectivity index (χ0v) is 46.8. The van der Waals surface area contributed by atoms with Crippen LogP contribution in [0, 0.1) is 49.4 Å². The molecule has 2 saturated heterocycles. The van der Waals surface area contributed by atoms with Crippen molar-refractivity contribution < 1.29 is 66.4 Å². The maximum atomic E-state index is 14.6. The molecule has 3 N–H and O–H groups in total. The quantitative estimate of drug-likeness (QED) is 0.132. The summed E-state index contributed by atoms with van der Waals surface area (Å²) in [5.74, 6) is -7.00. The van der Waals surface area contributed by atoms with Crippen LogP contribution in [0.1, 0.15) is 143 Å². The van der Waals surface area contributed by atoms with Crippen molar-refractivity contribution in [1.29, 1.82) is 0 Å². The Hall–Kier alpha value is -3.88. The Morgan fingerprint density at radius 1 is 0.865 bits per heavy atom. The highest BCUT2D eigenvalue weighted by Crippen LogP contribution is 2.39. The average molecular weight is 1060 g/mol. The van der Waals surface area contributed by atoms with Gasteiger partial charge in [-0.25, -0.2) is 13.2 Å². The molecule has 18 heteroatoms. The minimum absolute atomic E-state index is 0.00119. The number of hydrogen-bond acceptors (Lipinski definition) is 15. The van der Waals surface area contributed by atoms with Gasteiger partial charge >= 0.3 is 5.97 Å². The number of ketones is 2. The van der Waals surface area contributed by atoms with Crippen molar-refractivity contribution in [3.8, 4) is 0 Å². The molecule has 2 bridgehead atoms. The number of Topliss-reactive ketones (excluding diaryl/α,β-unsaturated/α-hetero) is 2. The number of esters is 1. The van der Waals surface area contributed by atoms with Gasteiger partial charge in [0, 0.05) is 45.7 Å². The Morgan fingerprint density at radius 2 is 1.58 bits per heavy atom. The Labute approximate surface area is 440 Å². The number of aromatic nitrogens is 1. The smallest absolute Gasteiger partial charge is 0.329 e. The summed E-state index contributed by atoms with van der Waals surface area (Å²) in [5.41, 5.74) is 1.37. The second kappa shape index (κ2) is 26.9. The molecule has 1 aromatic heterocycles. The van der Waals surface area contributed by atoms with Crippen molar-refractivity contribution in [1.82, 2.24) is 14.4 Å². The number of piperidine rings is 1. The molecular formula is C56H87N3O14S. The van der Waals surface area contributed by atoms with Gasteiger partial charge in [-0.1, -0.05) is 81.8 Å². The van der Waals surface area contributed by atoms with E-state index in [-0.39, 0.29) is 77.7 Å². The fraction of sp³-hybridized carbons (Fsp3) is 0.732. The van der Waals surface area contributed by atoms with Crippen molar-refractivity contribution >= 4 is 33.5 Å². The van der Waals surface area contributed by atoms with Gasteiger partial charge in [0.25, 0.3) is 11.7 Å². The number of carbonyl (C=O) groups is 4. The number of fused-ring (bicyclic) bond motifs is 3. The van der Waals surface area contributed by atoms with Crippen LogP contribution in [-0.2, 0) is 48.1 Å². The van der Waals surface area contributed by atoms with Crippen molar-refractivity contribution in [2.75, 3.05) is 27.8 Å². The van der Waals surface area contributed by atoms with Gasteiger partial charge in [-0.15, -0.1) is 0 Å². The third-order valence-corrected chi connectivity index (χ3v) is 18.4. The maximum Gasteiger partial charge on any atom is 0.329 e. The molecule has 5 rings (SSSR count). The molecule has 1 amide bonds. The van der Waals surface area contributed by atoms with Gasteiger partial charge in [-0.2, -0.15) is 4.31 Å². The van der Waals surface area contributed by atoms with Gasteiger partial charge < -0.3 is 43.7 Å². The first-order valence-corrected chi connectivity index (χ1v) is 28.3. The Bertz CT molecular complexity index is 2310. The van der Waals surface area contributed by atoms with E-state index < -0.39 is 87.9 Å². The highest BCUT2D eigenvalue weighted by atomic mass is 32.2. The molecule has 1 aromatic rings. The summed E-state index contributed by atoms with van der Waals surface area (Å²) in [6.45, 7) is 16.2. The van der Waals surface area contributed by atoms with Crippen molar-refractivity contribution in [2.45, 2.75) is 205 Å². The van der Waals surface area contributed by atoms with Crippen LogP contribution in [0.5, 0.6) is 0 Å². The number of nitrogens with zero attached hydrogens (tertiary/aromatic N) is 3. The standard InChI is InChI=1S/C56H87N3O14S/c1-33-18-14-13-15-19-35(3)45(58(10)74(67,68)52-40(8)57-73-41(52)9)32-43-24-22-39(7)56(66,72-43)53(63)54(64)59-27-17-16-20-44(59)55(65)71-47(36(4)30-42-23-25-46(60)48(31-42)69-11)26-21-34(2)29-38(6)50(62)51(70-12)49(61)37(5)28-33/h13-15,18-19,29,33-34,36-37,39,42-48,50-51,60,62,66H,16-17,20-28,30-32H2,1-12H3/b15-13+,18-14+,35-19+,38-29+/t33-,34+,36-,37?,39?,42?,43+,44?,45?,46-,47+,48?,50?,51+,56?/m1/s1. The van der Waals surface area contributed by atoms with Gasteiger partial charge in [0.1, 0.15) is 34.9 Å². The first kappa shape index (κ1) is 61.0. The summed E-state index contributed by atoms with van der Waals surface area (Å²) in [4.78, 5) is 58.6. The summed E-state index contributed by atoms with van der Waals surface area (Å²) in [5, 5.41) is 38.3. The predicted octanol–water partition coefficient (Wildman–Crippen LogP) is 7.28. The van der Waals surface area contributed by atoms with Gasteiger partial charge in [0.05, 0.1) is 18.3 Å². The van der Waals surface area contributed by atoms with E-state index in [9.17, 15) is 42.9 Å². The number of likely N-dealkylation sites (N-methyl/N-ethyl adjacent to an activating group) is 1. The minimum atomic E-state index is -4.23. The van der Waals surface area contributed by atoms with E-state index in [4.69, 9.17) is 23.5 Å². The van der Waals surface area contributed by atoms with Gasteiger partial charge in [-0.05, 0) is 140 Å². The number of amides is 1. The lowest BCUT2D eigenvalue weighted by atomic mass is 9.78. The van der Waals surface area contributed by atoms with Crippen LogP contribution >= 0.6 is 0 Å². The Balaban J connectivity index is 1.52. The zero-order chi connectivity index (χ0) is 54.8. The van der Waals surface area contributed by atoms with E-state index >= 15 is 0 Å². The molecule has 3 fully saturated rings. The van der Waals surface area contributed by atoms with E-state index in [2.05, 4.69) is 5.16 Å². The minimum Gasteiger partial charge on any atom is -0.461 e. The molecular weight excluding hydrogens is 971 g/mol. The van der Waals surface area contributed by atoms with Crippen molar-refractivity contribution in [3.05, 3.63) is 59.1 Å². The highest BCUT2D eigenvalue weighted by Gasteiger charge is 2.53. The molecule has 15 atom stereocenters. The lowest BCUT2D eigenvalue weighted by Gasteiger charge is -2.43. The average Bonchev–Trinajstić information content (AvgIpc) is 3.72. The summed E-state index contributed by atoms with van der Waals surface area (Å²) < 4.78 is 59.1. The number of carbonyl (C=O) groups excluding carboxylic acids is 4. The van der Waals surface area contributed by atoms with E-state index in [0.29, 0.717) is 68.9 Å². The highest BCUT2D eigenvalue weighted by molar-refractivity contribution is 7.89. The first-order valence-electron chi connectivity index (χ1n) is 26.9. The third kappa shape index (κ3) is 14.8. The molecule has 1 saturated carbocycles. The fourth-order valence-corrected chi connectivity index (χ4v) is 13.3. The first-order chi connectivity index (χ1) is 34.8. The van der Waals surface area contributed by atoms with Crippen LogP contribution in [-0.4, -0.2) is 144 Å². The van der Waals surface area contributed by atoms with Crippen LogP contribution in [0.15, 0.2) is 57.0 Å². The summed E-state index contributed by atoms with van der Waals surface area (Å²) in [6, 6.07) is -1.98. The van der Waals surface area contributed by atoms with E-state index in [1.807, 2.05) is 45.9 Å². The van der Waals surface area contributed by atoms with Crippen LogP contribution in [0.25, 0.3) is 0 Å². The van der Waals surface area contributed by atoms with Crippen molar-refractivity contribution in [3.63, 3.8) is 0 Å². The molecule has 8 unspecified atom stereocenters. The summed E-state index contributed by atoms with van der Waals surface area (Å²) >= 11 is 0. The number of aliphatic hydroxyl groups excluding tert-OH is 2. The monoisotopic (exact) mass is 1060 g/mol. The van der Waals surface area contributed by atoms with Gasteiger partial charge in [0.15, 0.2) is 11.5 Å². The number of aliphatic hydroxyl groups is 3. The number of aryl methyl sites for hydroxylation is 2. The molecule has 4 heterocycles. The predicted molar refractivity (Wildman–Crippen MR) is 279 cm³/mol. The number of hydrogen-bond donors (Lipinski definition) is 3. The van der Waals surface area contributed by atoms with E-state index in [1.165, 1.54) is 30.3 Å². The number of cyclic esters (lactones) is 1. The number of sulfonamides is 1. The molecule has 4 aliphatic rings. The van der Waals surface area contributed by atoms with Crippen LogP contribution in [0.3, 0.4) is 0 Å². The SMILES string of the molecule is COC1CC(C[C@@H](C)[C@@H]2CC[C@H](C)/C=C(\C)C(O)[C@@H](OC)C(=O)C(C)C[C@H](C)/C=C/C=C/C=C(\C)C(N(C)S(=O)(=O)c3c(C)noc3C)C[C@@H]3CCC(C)C(O)(O3)C(=O)C(=O)N3CCCCC3C(=O)O2)CC[C@H]1O. The number of allylic oxidation sites excluding steroid dienone is 6. The van der Waals surface area contributed by atoms with E-state index in [1.54, 1.807) is 53.0 Å². The lowest BCUT2D eigenvalue weighted by Crippen LogP contribution is -2.61. The molecule has 0 radical (unpaired) electrons. The largest absolute Gasteiger partial charge is 0.461 e. The number of ether oxygens (including phenoxy) is 4. The number of rotatable bonds is 8. The molecule has 17 nitrogen and oxygen atoms in total. The Kier molecular flexibility index (Phi) is 22.2. The molecule has 1 aliphatic carbocycles. The van der Waals surface area contributed by atoms with Gasteiger partial charge in [0.2, 0.25) is 15.8 Å². The topological polar surface area (TPSA) is 233 Å². The van der Waals surface area contributed by atoms with Gasteiger partial charge in [-0.3, -0.25) is 14.4 Å². The maximum absolute atomic E-state index is 14.6. The van der Waals surface area contributed by atoms with Crippen molar-refractivity contribution in [2.24, 2.45) is 35.5 Å². The van der Waals surface area contributed by atoms with Crippen LogP contribution in [0.2, 0.25) is 0 Å². The summed E-state index contributed by atoms with van der Waals surface area (Å²) in [7, 11) is 0.225. The second-order valence-corrected chi connectivity index (χ2v) is 24.1.